The maximum Gasteiger partial charge on any atom is 0.134 e. The van der Waals surface area contributed by atoms with Crippen molar-refractivity contribution in [2.24, 2.45) is 23.7 Å². The van der Waals surface area contributed by atoms with Crippen LogP contribution in [-0.2, 0) is 0 Å². The molecule has 4 atom stereocenters. The topological polar surface area (TPSA) is 0 Å². The van der Waals surface area contributed by atoms with Crippen LogP contribution in [0.15, 0.2) is 0 Å². The highest BCUT2D eigenvalue weighted by molar-refractivity contribution is 4.88. The van der Waals surface area contributed by atoms with Crippen LogP contribution in [0, 0.1) is 23.7 Å². The maximum atomic E-state index is 14.3. The van der Waals surface area contributed by atoms with Crippen LogP contribution in [0.1, 0.15) is 90.9 Å². The summed E-state index contributed by atoms with van der Waals surface area (Å²) in [5.41, 5.74) is 0. The monoisotopic (exact) mass is 314 g/mol. The molecule has 2 fully saturated rings. The van der Waals surface area contributed by atoms with Crippen molar-refractivity contribution in [2.75, 3.05) is 0 Å². The Bertz CT molecular complexity index is 296. The molecule has 2 aliphatic rings. The first kappa shape index (κ1) is 18.2. The second-order valence-electron chi connectivity index (χ2n) is 8.00. The molecular weight excluding hydrogens is 278 g/mol. The van der Waals surface area contributed by atoms with Crippen LogP contribution in [-0.4, -0.2) is 12.3 Å². The lowest BCUT2D eigenvalue weighted by Crippen LogP contribution is -2.38. The van der Waals surface area contributed by atoms with Crippen molar-refractivity contribution < 1.29 is 8.78 Å². The molecule has 0 spiro atoms. The minimum absolute atomic E-state index is 0.00406. The van der Waals surface area contributed by atoms with Crippen LogP contribution >= 0.6 is 0 Å². The molecule has 130 valence electrons. The van der Waals surface area contributed by atoms with Crippen molar-refractivity contribution in [1.29, 1.82) is 0 Å². The van der Waals surface area contributed by atoms with E-state index < -0.39 is 12.3 Å². The van der Waals surface area contributed by atoms with Crippen molar-refractivity contribution in [3.05, 3.63) is 0 Å². The molecule has 0 N–H and O–H groups in total. The Labute approximate surface area is 136 Å². The minimum atomic E-state index is -1.20. The molecule has 0 heterocycles. The van der Waals surface area contributed by atoms with Gasteiger partial charge in [-0.05, 0) is 42.9 Å². The molecule has 0 aromatic carbocycles. The van der Waals surface area contributed by atoms with Crippen molar-refractivity contribution in [3.8, 4) is 0 Å². The quantitative estimate of drug-likeness (QED) is 0.480. The van der Waals surface area contributed by atoms with Gasteiger partial charge in [-0.3, -0.25) is 0 Å². The molecule has 0 bridgehead atoms. The zero-order chi connectivity index (χ0) is 15.9. The van der Waals surface area contributed by atoms with Gasteiger partial charge in [0.2, 0.25) is 0 Å². The van der Waals surface area contributed by atoms with Gasteiger partial charge in [-0.15, -0.1) is 0 Å². The highest BCUT2D eigenvalue weighted by atomic mass is 19.2. The first-order valence-electron chi connectivity index (χ1n) is 9.93. The second-order valence-corrected chi connectivity index (χ2v) is 8.00. The molecule has 0 aromatic rings. The SMILES string of the molecule is CCCCC1CCC(CCC2CCC(CC)C(F)C2F)CC1. The summed E-state index contributed by atoms with van der Waals surface area (Å²) >= 11 is 0. The molecule has 2 heteroatoms. The van der Waals surface area contributed by atoms with Crippen molar-refractivity contribution in [3.63, 3.8) is 0 Å². The third-order valence-corrected chi connectivity index (χ3v) is 6.52. The first-order valence-corrected chi connectivity index (χ1v) is 9.93. The largest absolute Gasteiger partial charge is 0.244 e. The van der Waals surface area contributed by atoms with E-state index in [2.05, 4.69) is 6.92 Å². The Morgan fingerprint density at radius 1 is 0.682 bits per heavy atom. The molecule has 0 saturated heterocycles. The molecule has 0 radical (unpaired) electrons. The zero-order valence-electron chi connectivity index (χ0n) is 14.7. The summed E-state index contributed by atoms with van der Waals surface area (Å²) in [4.78, 5) is 0. The summed E-state index contributed by atoms with van der Waals surface area (Å²) in [5.74, 6) is 1.70. The van der Waals surface area contributed by atoms with Gasteiger partial charge in [0, 0.05) is 0 Å². The number of unbranched alkanes of at least 4 members (excludes halogenated alkanes) is 1. The van der Waals surface area contributed by atoms with Crippen molar-refractivity contribution in [2.45, 2.75) is 103 Å². The fourth-order valence-electron chi connectivity index (χ4n) is 4.75. The Morgan fingerprint density at radius 2 is 1.23 bits per heavy atom. The van der Waals surface area contributed by atoms with Crippen LogP contribution in [0.4, 0.5) is 8.78 Å². The predicted octanol–water partition coefficient (Wildman–Crippen LogP) is 6.88. The van der Waals surface area contributed by atoms with Crippen molar-refractivity contribution in [1.82, 2.24) is 0 Å². The molecule has 22 heavy (non-hydrogen) atoms. The summed E-state index contributed by atoms with van der Waals surface area (Å²) in [6.45, 7) is 4.26. The predicted molar refractivity (Wildman–Crippen MR) is 90.5 cm³/mol. The first-order chi connectivity index (χ1) is 10.7. The van der Waals surface area contributed by atoms with Crippen LogP contribution in [0.5, 0.6) is 0 Å². The number of hydrogen-bond donors (Lipinski definition) is 0. The standard InChI is InChI=1S/C20H36F2/c1-3-5-6-15-7-9-16(10-8-15)11-12-18-14-13-17(4-2)19(21)20(18)22/h15-20H,3-14H2,1-2H3. The number of hydrogen-bond acceptors (Lipinski definition) is 0. The van der Waals surface area contributed by atoms with E-state index in [4.69, 9.17) is 0 Å². The van der Waals surface area contributed by atoms with Gasteiger partial charge in [-0.1, -0.05) is 71.6 Å². The molecule has 0 amide bonds. The van der Waals surface area contributed by atoms with Gasteiger partial charge in [0.1, 0.15) is 12.3 Å². The van der Waals surface area contributed by atoms with E-state index in [1.165, 1.54) is 44.9 Å². The Kier molecular flexibility index (Phi) is 7.63. The van der Waals surface area contributed by atoms with E-state index >= 15 is 0 Å². The van der Waals surface area contributed by atoms with Gasteiger partial charge in [-0.2, -0.15) is 0 Å². The molecule has 0 nitrogen and oxygen atoms in total. The lowest BCUT2D eigenvalue weighted by atomic mass is 9.73. The van der Waals surface area contributed by atoms with E-state index in [0.717, 1.165) is 43.9 Å². The Morgan fingerprint density at radius 3 is 1.82 bits per heavy atom. The summed E-state index contributed by atoms with van der Waals surface area (Å²) in [6.07, 6.45) is 11.7. The van der Waals surface area contributed by atoms with Gasteiger partial charge in [0.25, 0.3) is 0 Å². The lowest BCUT2D eigenvalue weighted by molar-refractivity contribution is 0.0152. The normalized spacial score (nSPS) is 39.8. The highest BCUT2D eigenvalue weighted by Crippen LogP contribution is 2.40. The second kappa shape index (κ2) is 9.23. The van der Waals surface area contributed by atoms with Crippen molar-refractivity contribution >= 4 is 0 Å². The van der Waals surface area contributed by atoms with Gasteiger partial charge in [-0.25, -0.2) is 8.78 Å². The van der Waals surface area contributed by atoms with E-state index in [9.17, 15) is 8.78 Å². The summed E-state index contributed by atoms with van der Waals surface area (Å²) in [6, 6.07) is 0. The van der Waals surface area contributed by atoms with Crippen LogP contribution in [0.3, 0.4) is 0 Å². The third-order valence-electron chi connectivity index (χ3n) is 6.52. The third kappa shape index (κ3) is 4.93. The van der Waals surface area contributed by atoms with Crippen LogP contribution in [0.2, 0.25) is 0 Å². The van der Waals surface area contributed by atoms with E-state index in [1.807, 2.05) is 6.92 Å². The van der Waals surface area contributed by atoms with Gasteiger partial charge in [0.05, 0.1) is 0 Å². The number of rotatable bonds is 7. The van der Waals surface area contributed by atoms with Gasteiger partial charge < -0.3 is 0 Å². The van der Waals surface area contributed by atoms with Gasteiger partial charge >= 0.3 is 0 Å². The molecule has 2 rings (SSSR count). The molecule has 2 aliphatic carbocycles. The minimum Gasteiger partial charge on any atom is -0.244 e. The highest BCUT2D eigenvalue weighted by Gasteiger charge is 2.39. The van der Waals surface area contributed by atoms with Crippen LogP contribution in [0.25, 0.3) is 0 Å². The van der Waals surface area contributed by atoms with Crippen LogP contribution < -0.4 is 0 Å². The van der Waals surface area contributed by atoms with E-state index in [-0.39, 0.29) is 11.8 Å². The fraction of sp³-hybridized carbons (Fsp3) is 1.00. The molecule has 2 saturated carbocycles. The smallest absolute Gasteiger partial charge is 0.134 e. The average molecular weight is 315 g/mol. The zero-order valence-corrected chi connectivity index (χ0v) is 14.7. The molecule has 0 aliphatic heterocycles. The lowest BCUT2D eigenvalue weighted by Gasteiger charge is -2.36. The Balaban J connectivity index is 1.66. The van der Waals surface area contributed by atoms with Gasteiger partial charge in [0.15, 0.2) is 0 Å². The summed E-state index contributed by atoms with van der Waals surface area (Å²) in [7, 11) is 0. The Hall–Kier alpha value is -0.140. The van der Waals surface area contributed by atoms with E-state index in [0.29, 0.717) is 0 Å². The summed E-state index contributed by atoms with van der Waals surface area (Å²) < 4.78 is 28.3. The average Bonchev–Trinajstić information content (AvgIpc) is 2.55. The fourth-order valence-corrected chi connectivity index (χ4v) is 4.75. The number of halogens is 2. The molecular formula is C20H36F2. The summed E-state index contributed by atoms with van der Waals surface area (Å²) in [5, 5.41) is 0. The molecule has 4 unspecified atom stereocenters. The maximum absolute atomic E-state index is 14.3. The van der Waals surface area contributed by atoms with E-state index in [1.54, 1.807) is 0 Å². The molecule has 0 aromatic heterocycles. The number of alkyl halides is 2.